The zero-order valence-corrected chi connectivity index (χ0v) is 20.6. The number of pyridine rings is 1. The lowest BCUT2D eigenvalue weighted by atomic mass is 9.74. The fourth-order valence-corrected chi connectivity index (χ4v) is 5.15. The number of hydrogen-bond donors (Lipinski definition) is 2. The van der Waals surface area contributed by atoms with E-state index < -0.39 is 11.4 Å². The number of anilines is 2. The Balaban J connectivity index is 1.73. The van der Waals surface area contributed by atoms with Gasteiger partial charge >= 0.3 is 0 Å². The highest BCUT2D eigenvalue weighted by atomic mass is 16.5. The Labute approximate surface area is 210 Å². The third-order valence-electron chi connectivity index (χ3n) is 6.80. The summed E-state index contributed by atoms with van der Waals surface area (Å²) in [6.07, 6.45) is 6.40. The quantitative estimate of drug-likeness (QED) is 0.467. The molecule has 36 heavy (non-hydrogen) atoms. The normalized spacial score (nSPS) is 15.3. The monoisotopic (exact) mass is 489 g/mol. The molecule has 1 fully saturated rings. The van der Waals surface area contributed by atoms with Crippen molar-refractivity contribution in [2.24, 2.45) is 11.7 Å². The third-order valence-corrected chi connectivity index (χ3v) is 6.80. The molecule has 0 saturated heterocycles. The van der Waals surface area contributed by atoms with Crippen LogP contribution in [0.1, 0.15) is 55.4 Å². The van der Waals surface area contributed by atoms with Gasteiger partial charge in [0.1, 0.15) is 5.76 Å². The summed E-state index contributed by atoms with van der Waals surface area (Å²) in [6.45, 7) is 3.67. The Kier molecular flexibility index (Phi) is 7.47. The molecule has 1 atom stereocenters. The molecule has 0 spiro atoms. The number of aromatic nitrogens is 2. The molecular weight excluding hydrogens is 458 g/mol. The predicted molar refractivity (Wildman–Crippen MR) is 135 cm³/mol. The molecule has 0 bridgehead atoms. The summed E-state index contributed by atoms with van der Waals surface area (Å²) in [5, 5.41) is 6.40. The minimum Gasteiger partial charge on any atom is -0.367 e. The van der Waals surface area contributed by atoms with Crippen LogP contribution >= 0.6 is 0 Å². The number of aryl methyl sites for hydroxylation is 2. The standard InChI is InChI=1S/C27H31N5O4/c1-18-7-9-22(10-8-18)32(25(34)12-11-24(33)30-23-17-19(2)36-31-23)27(26(28)35,20-5-3-4-6-20)21-13-15-29-16-14-21/h7-10,13-17,20H,3-6,11-12H2,1-2H3,(H2,28,35)(H,30,31,33). The first kappa shape index (κ1) is 25.1. The molecule has 3 aromatic rings. The number of amides is 3. The van der Waals surface area contributed by atoms with Gasteiger partial charge in [0.2, 0.25) is 17.7 Å². The Bertz CT molecular complexity index is 1220. The molecule has 2 heterocycles. The van der Waals surface area contributed by atoms with Crippen molar-refractivity contribution in [2.45, 2.75) is 57.9 Å². The lowest BCUT2D eigenvalue weighted by Crippen LogP contribution is -2.61. The van der Waals surface area contributed by atoms with Crippen molar-refractivity contribution in [3.05, 3.63) is 71.7 Å². The van der Waals surface area contributed by atoms with Crippen LogP contribution in [0.15, 0.2) is 59.4 Å². The molecule has 0 radical (unpaired) electrons. The van der Waals surface area contributed by atoms with E-state index in [1.807, 2.05) is 31.2 Å². The van der Waals surface area contributed by atoms with Gasteiger partial charge in [-0.05, 0) is 62.4 Å². The number of benzene rings is 1. The Hall–Kier alpha value is -4.01. The summed E-state index contributed by atoms with van der Waals surface area (Å²) in [6, 6.07) is 12.5. The number of carbonyl (C=O) groups excluding carboxylic acids is 3. The summed E-state index contributed by atoms with van der Waals surface area (Å²) in [4.78, 5) is 45.7. The van der Waals surface area contributed by atoms with Crippen LogP contribution in [-0.4, -0.2) is 27.9 Å². The third kappa shape index (κ3) is 5.00. The van der Waals surface area contributed by atoms with Gasteiger partial charge in [-0.3, -0.25) is 24.3 Å². The molecule has 4 rings (SSSR count). The van der Waals surface area contributed by atoms with Gasteiger partial charge in [-0.1, -0.05) is 35.7 Å². The van der Waals surface area contributed by atoms with Gasteiger partial charge < -0.3 is 15.6 Å². The number of hydrogen-bond acceptors (Lipinski definition) is 6. The average molecular weight is 490 g/mol. The molecule has 1 aromatic carbocycles. The van der Waals surface area contributed by atoms with E-state index in [4.69, 9.17) is 10.3 Å². The lowest BCUT2D eigenvalue weighted by Gasteiger charge is -2.46. The number of nitrogens with zero attached hydrogens (tertiary/aromatic N) is 3. The minimum absolute atomic E-state index is 0.0943. The zero-order valence-electron chi connectivity index (χ0n) is 20.6. The van der Waals surface area contributed by atoms with E-state index >= 15 is 0 Å². The number of nitrogens with two attached hydrogens (primary N) is 1. The minimum atomic E-state index is -1.41. The smallest absolute Gasteiger partial charge is 0.248 e. The van der Waals surface area contributed by atoms with E-state index in [-0.39, 0.29) is 36.4 Å². The lowest BCUT2D eigenvalue weighted by molar-refractivity contribution is -0.131. The van der Waals surface area contributed by atoms with Crippen molar-refractivity contribution in [3.63, 3.8) is 0 Å². The van der Waals surface area contributed by atoms with Gasteiger partial charge in [0.15, 0.2) is 11.4 Å². The first-order valence-electron chi connectivity index (χ1n) is 12.2. The summed E-state index contributed by atoms with van der Waals surface area (Å²) in [5.41, 5.74) is 6.98. The summed E-state index contributed by atoms with van der Waals surface area (Å²) >= 11 is 0. The fourth-order valence-electron chi connectivity index (χ4n) is 5.15. The first-order valence-corrected chi connectivity index (χ1v) is 12.2. The molecule has 3 amide bonds. The van der Waals surface area contributed by atoms with E-state index in [0.717, 1.165) is 31.2 Å². The van der Waals surface area contributed by atoms with Crippen molar-refractivity contribution < 1.29 is 18.9 Å². The molecule has 2 aromatic heterocycles. The highest BCUT2D eigenvalue weighted by molar-refractivity contribution is 6.05. The maximum Gasteiger partial charge on any atom is 0.248 e. The maximum atomic E-state index is 14.0. The van der Waals surface area contributed by atoms with E-state index in [1.54, 1.807) is 37.5 Å². The van der Waals surface area contributed by atoms with Crippen molar-refractivity contribution in [1.29, 1.82) is 0 Å². The van der Waals surface area contributed by atoms with Gasteiger partial charge in [-0.15, -0.1) is 0 Å². The fraction of sp³-hybridized carbons (Fsp3) is 0.370. The molecule has 1 saturated carbocycles. The molecule has 1 aliphatic rings. The molecule has 0 aliphatic heterocycles. The highest BCUT2D eigenvalue weighted by Gasteiger charge is 2.53. The van der Waals surface area contributed by atoms with E-state index in [2.05, 4.69) is 15.5 Å². The number of rotatable bonds is 9. The van der Waals surface area contributed by atoms with Crippen LogP contribution < -0.4 is 16.0 Å². The molecule has 1 aliphatic carbocycles. The van der Waals surface area contributed by atoms with Gasteiger partial charge in [0.25, 0.3) is 0 Å². The van der Waals surface area contributed by atoms with Crippen LogP contribution in [0.5, 0.6) is 0 Å². The number of carbonyl (C=O) groups is 3. The molecule has 3 N–H and O–H groups in total. The largest absolute Gasteiger partial charge is 0.367 e. The SMILES string of the molecule is Cc1ccc(N(C(=O)CCC(=O)Nc2cc(C)on2)C(C(N)=O)(c2ccncc2)C2CCCC2)cc1. The topological polar surface area (TPSA) is 131 Å². The van der Waals surface area contributed by atoms with Crippen molar-refractivity contribution in [3.8, 4) is 0 Å². The average Bonchev–Trinajstić information content (AvgIpc) is 3.54. The van der Waals surface area contributed by atoms with Crippen LogP contribution in [0, 0.1) is 19.8 Å². The van der Waals surface area contributed by atoms with Crippen molar-refractivity contribution >= 4 is 29.2 Å². The number of primary amides is 1. The second kappa shape index (κ2) is 10.7. The van der Waals surface area contributed by atoms with Gasteiger partial charge in [-0.25, -0.2) is 0 Å². The Morgan fingerprint density at radius 2 is 1.72 bits per heavy atom. The summed E-state index contributed by atoms with van der Waals surface area (Å²) in [5.74, 6) is -0.670. The molecule has 9 nitrogen and oxygen atoms in total. The van der Waals surface area contributed by atoms with Gasteiger partial charge in [-0.2, -0.15) is 0 Å². The molecule has 9 heteroatoms. The first-order chi connectivity index (χ1) is 17.3. The van der Waals surface area contributed by atoms with Crippen LogP contribution in [0.3, 0.4) is 0 Å². The molecular formula is C27H31N5O4. The summed E-state index contributed by atoms with van der Waals surface area (Å²) < 4.78 is 4.98. The predicted octanol–water partition coefficient (Wildman–Crippen LogP) is 4.01. The second-order valence-electron chi connectivity index (χ2n) is 9.28. The molecule has 188 valence electrons. The zero-order chi connectivity index (χ0) is 25.7. The van der Waals surface area contributed by atoms with Crippen LogP contribution in [-0.2, 0) is 19.9 Å². The highest BCUT2D eigenvalue weighted by Crippen LogP contribution is 2.47. The Morgan fingerprint density at radius 1 is 1.06 bits per heavy atom. The van der Waals surface area contributed by atoms with Crippen LogP contribution in [0.2, 0.25) is 0 Å². The maximum absolute atomic E-state index is 14.0. The van der Waals surface area contributed by atoms with E-state index in [9.17, 15) is 14.4 Å². The molecule has 1 unspecified atom stereocenters. The van der Waals surface area contributed by atoms with Gasteiger partial charge in [0, 0.05) is 37.0 Å². The van der Waals surface area contributed by atoms with Gasteiger partial charge in [0.05, 0.1) is 0 Å². The van der Waals surface area contributed by atoms with Crippen molar-refractivity contribution in [1.82, 2.24) is 10.1 Å². The Morgan fingerprint density at radius 3 is 2.31 bits per heavy atom. The van der Waals surface area contributed by atoms with E-state index in [1.165, 1.54) is 4.90 Å². The summed E-state index contributed by atoms with van der Waals surface area (Å²) in [7, 11) is 0. The van der Waals surface area contributed by atoms with Crippen LogP contribution in [0.4, 0.5) is 11.5 Å². The van der Waals surface area contributed by atoms with Crippen LogP contribution in [0.25, 0.3) is 0 Å². The second-order valence-corrected chi connectivity index (χ2v) is 9.28. The van der Waals surface area contributed by atoms with Crippen molar-refractivity contribution in [2.75, 3.05) is 10.2 Å². The van der Waals surface area contributed by atoms with E-state index in [0.29, 0.717) is 17.0 Å². The number of nitrogens with one attached hydrogen (secondary N) is 1.